The van der Waals surface area contributed by atoms with Gasteiger partial charge in [0.25, 0.3) is 0 Å². The molecule has 0 aliphatic heterocycles. The summed E-state index contributed by atoms with van der Waals surface area (Å²) in [6.45, 7) is 7.94. The highest BCUT2D eigenvalue weighted by atomic mass is 32.2. The number of benzene rings is 3. The summed E-state index contributed by atoms with van der Waals surface area (Å²) in [5.74, 6) is -0.125. The zero-order valence-electron chi connectivity index (χ0n) is 21.6. The minimum absolute atomic E-state index is 0.189. The number of halogens is 3. The number of carboxylic acid groups (broad SMARTS) is 1. The molecule has 0 saturated carbocycles. The summed E-state index contributed by atoms with van der Waals surface area (Å²) in [5, 5.41) is 9.36. The van der Waals surface area contributed by atoms with Gasteiger partial charge in [0.05, 0.1) is 19.2 Å². The molecule has 4 rings (SSSR count). The van der Waals surface area contributed by atoms with E-state index >= 15 is 0 Å². The number of aliphatic carboxylic acids is 1. The maximum absolute atomic E-state index is 13.4. The van der Waals surface area contributed by atoms with Gasteiger partial charge in [-0.05, 0) is 73.3 Å². The Bertz CT molecular complexity index is 1430. The van der Waals surface area contributed by atoms with Crippen molar-refractivity contribution in [3.8, 4) is 17.2 Å². The molecule has 10 heteroatoms. The summed E-state index contributed by atoms with van der Waals surface area (Å²) in [5.41, 5.74) is 2.41. The van der Waals surface area contributed by atoms with E-state index in [4.69, 9.17) is 14.6 Å². The van der Waals surface area contributed by atoms with Crippen molar-refractivity contribution in [3.63, 3.8) is 0 Å². The smallest absolute Gasteiger partial charge is 0.431 e. The van der Waals surface area contributed by atoms with Crippen LogP contribution in [-0.4, -0.2) is 23.2 Å². The Morgan fingerprint density at radius 2 is 1.71 bits per heavy atom. The molecule has 0 radical (unpaired) electrons. The normalized spacial score (nSPS) is 11.1. The van der Waals surface area contributed by atoms with Crippen LogP contribution < -0.4 is 14.2 Å². The van der Waals surface area contributed by atoms with E-state index < -0.39 is 17.8 Å². The van der Waals surface area contributed by atoms with Crippen LogP contribution in [-0.2, 0) is 17.4 Å². The monoisotopic (exact) mass is 546 g/mol. The summed E-state index contributed by atoms with van der Waals surface area (Å²) in [6, 6.07) is 14.7. The Hall–Kier alpha value is -3.79. The summed E-state index contributed by atoms with van der Waals surface area (Å²) in [7, 11) is 1.42. The van der Waals surface area contributed by atoms with Gasteiger partial charge in [-0.3, -0.25) is 4.79 Å². The lowest BCUT2D eigenvalue weighted by molar-refractivity contribution is -0.140. The predicted molar refractivity (Wildman–Crippen MR) is 144 cm³/mol. The SMILES string of the molecule is CC.COc1cc(CC(=O)O)ccc1Oc1ccc2[nH]c(C(F)(F)F)cc2c1NSc1ccc(C)cc1C. The van der Waals surface area contributed by atoms with Crippen LogP contribution in [0.5, 0.6) is 17.2 Å². The van der Waals surface area contributed by atoms with Crippen molar-refractivity contribution in [3.05, 3.63) is 77.0 Å². The summed E-state index contributed by atoms with van der Waals surface area (Å²) >= 11 is 1.26. The Labute approximate surface area is 223 Å². The van der Waals surface area contributed by atoms with Gasteiger partial charge in [0, 0.05) is 15.8 Å². The van der Waals surface area contributed by atoms with E-state index in [0.29, 0.717) is 27.9 Å². The van der Waals surface area contributed by atoms with Crippen LogP contribution >= 0.6 is 11.9 Å². The van der Waals surface area contributed by atoms with Crippen LogP contribution in [0.4, 0.5) is 18.9 Å². The maximum Gasteiger partial charge on any atom is 0.431 e. The number of hydrogen-bond acceptors (Lipinski definition) is 5. The van der Waals surface area contributed by atoms with Gasteiger partial charge in [0.1, 0.15) is 5.69 Å². The molecule has 3 N–H and O–H groups in total. The predicted octanol–water partition coefficient (Wildman–Crippen LogP) is 8.38. The molecular weight excluding hydrogens is 517 g/mol. The Kier molecular flexibility index (Phi) is 9.22. The number of methoxy groups -OCH3 is 1. The van der Waals surface area contributed by atoms with Gasteiger partial charge in [0.15, 0.2) is 17.2 Å². The molecule has 0 fully saturated rings. The molecule has 4 aromatic rings. The van der Waals surface area contributed by atoms with Gasteiger partial charge in [-0.25, -0.2) is 0 Å². The molecule has 0 aliphatic rings. The first kappa shape index (κ1) is 28.8. The van der Waals surface area contributed by atoms with Gasteiger partial charge < -0.3 is 24.3 Å². The van der Waals surface area contributed by atoms with Crippen LogP contribution in [0.1, 0.15) is 36.2 Å². The van der Waals surface area contributed by atoms with E-state index in [1.54, 1.807) is 24.3 Å². The number of H-pyrrole nitrogens is 1. The summed E-state index contributed by atoms with van der Waals surface area (Å²) < 4.78 is 54.9. The van der Waals surface area contributed by atoms with Gasteiger partial charge in [0.2, 0.25) is 0 Å². The minimum Gasteiger partial charge on any atom is -0.493 e. The Morgan fingerprint density at radius 1 is 1.00 bits per heavy atom. The molecule has 0 atom stereocenters. The fourth-order valence-corrected chi connectivity index (χ4v) is 4.52. The van der Waals surface area contributed by atoms with Crippen molar-refractivity contribution < 1.29 is 32.5 Å². The molecule has 0 spiro atoms. The first-order valence-corrected chi connectivity index (χ1v) is 12.7. The lowest BCUT2D eigenvalue weighted by Crippen LogP contribution is -2.04. The number of nitrogens with one attached hydrogen (secondary N) is 2. The van der Waals surface area contributed by atoms with E-state index in [0.717, 1.165) is 22.1 Å². The standard InChI is InChI=1S/C26H23F3N2O4S.C2H6/c1-14-4-9-22(15(2)10-14)36-31-25-17-13-23(26(27,28)29)30-18(17)6-8-20(25)35-19-7-5-16(12-24(32)33)11-21(19)34-3;1-2/h4-11,13,30-31H,12H2,1-3H3,(H,32,33);1-2H3. The molecular formula is C28H29F3N2O4S. The molecule has 0 aliphatic carbocycles. The number of fused-ring (bicyclic) bond motifs is 1. The highest BCUT2D eigenvalue weighted by molar-refractivity contribution is 8.00. The number of carboxylic acids is 1. The molecule has 1 aromatic heterocycles. The topological polar surface area (TPSA) is 83.6 Å². The highest BCUT2D eigenvalue weighted by Crippen LogP contribution is 2.43. The zero-order valence-corrected chi connectivity index (χ0v) is 22.4. The third-order valence-electron chi connectivity index (χ3n) is 5.47. The largest absolute Gasteiger partial charge is 0.493 e. The van der Waals surface area contributed by atoms with Crippen LogP contribution in [0.25, 0.3) is 10.9 Å². The second-order valence-electron chi connectivity index (χ2n) is 8.21. The zero-order chi connectivity index (χ0) is 28.0. The van der Waals surface area contributed by atoms with Crippen LogP contribution in [0.2, 0.25) is 0 Å². The third-order valence-corrected chi connectivity index (χ3v) is 6.45. The number of aryl methyl sites for hydroxylation is 2. The Balaban J connectivity index is 0.00000195. The fraction of sp³-hybridized carbons (Fsp3) is 0.250. The number of aromatic amines is 1. The second-order valence-corrected chi connectivity index (χ2v) is 9.06. The van der Waals surface area contributed by atoms with E-state index in [1.165, 1.54) is 25.1 Å². The van der Waals surface area contributed by atoms with Gasteiger partial charge in [-0.2, -0.15) is 13.2 Å². The third kappa shape index (κ3) is 6.74. The number of hydrogen-bond donors (Lipinski definition) is 3. The fourth-order valence-electron chi connectivity index (χ4n) is 3.75. The van der Waals surface area contributed by atoms with E-state index in [1.807, 2.05) is 45.9 Å². The molecule has 0 amide bonds. The van der Waals surface area contributed by atoms with Crippen molar-refractivity contribution >= 4 is 34.5 Å². The lowest BCUT2D eigenvalue weighted by atomic mass is 10.1. The molecule has 0 bridgehead atoms. The van der Waals surface area contributed by atoms with Crippen molar-refractivity contribution in [1.82, 2.24) is 4.98 Å². The lowest BCUT2D eigenvalue weighted by Gasteiger charge is -2.16. The van der Waals surface area contributed by atoms with Gasteiger partial charge in [-0.15, -0.1) is 0 Å². The van der Waals surface area contributed by atoms with E-state index in [9.17, 15) is 18.0 Å². The first-order chi connectivity index (χ1) is 18.0. The average Bonchev–Trinajstić information content (AvgIpc) is 3.31. The number of aromatic nitrogens is 1. The van der Waals surface area contributed by atoms with Crippen molar-refractivity contribution in [2.45, 2.75) is 45.2 Å². The van der Waals surface area contributed by atoms with Crippen LogP contribution in [0.15, 0.2) is 59.5 Å². The molecule has 1 heterocycles. The molecule has 3 aromatic carbocycles. The number of carbonyl (C=O) groups is 1. The van der Waals surface area contributed by atoms with Crippen molar-refractivity contribution in [2.75, 3.05) is 11.8 Å². The quantitative estimate of drug-likeness (QED) is 0.193. The number of rotatable bonds is 8. The van der Waals surface area contributed by atoms with E-state index in [-0.39, 0.29) is 17.9 Å². The first-order valence-electron chi connectivity index (χ1n) is 11.8. The maximum atomic E-state index is 13.4. The summed E-state index contributed by atoms with van der Waals surface area (Å²) in [4.78, 5) is 14.4. The van der Waals surface area contributed by atoms with Crippen molar-refractivity contribution in [2.24, 2.45) is 0 Å². The number of ether oxygens (including phenoxy) is 2. The second kappa shape index (κ2) is 12.2. The highest BCUT2D eigenvalue weighted by Gasteiger charge is 2.33. The molecule has 6 nitrogen and oxygen atoms in total. The number of anilines is 1. The average molecular weight is 547 g/mol. The van der Waals surface area contributed by atoms with E-state index in [2.05, 4.69) is 9.71 Å². The molecule has 0 unspecified atom stereocenters. The van der Waals surface area contributed by atoms with Gasteiger partial charge >= 0.3 is 12.1 Å². The van der Waals surface area contributed by atoms with Crippen LogP contribution in [0, 0.1) is 13.8 Å². The van der Waals surface area contributed by atoms with Gasteiger partial charge in [-0.1, -0.05) is 37.6 Å². The van der Waals surface area contributed by atoms with Crippen LogP contribution in [0.3, 0.4) is 0 Å². The minimum atomic E-state index is -4.54. The number of alkyl halides is 3. The summed E-state index contributed by atoms with van der Waals surface area (Å²) in [6.07, 6.45) is -4.73. The molecule has 38 heavy (non-hydrogen) atoms. The molecule has 202 valence electrons. The molecule has 0 saturated heterocycles. The van der Waals surface area contributed by atoms with Crippen molar-refractivity contribution in [1.29, 1.82) is 0 Å². The Morgan fingerprint density at radius 3 is 2.34 bits per heavy atom.